The molecule has 5 aromatic rings. The van der Waals surface area contributed by atoms with Crippen LogP contribution in [-0.2, 0) is 6.61 Å². The molecule has 4 aromatic carbocycles. The molecule has 0 N–H and O–H groups in total. The summed E-state index contributed by atoms with van der Waals surface area (Å²) in [6, 6.07) is 31.1. The molecule has 0 saturated carbocycles. The first-order chi connectivity index (χ1) is 14.3. The molecule has 0 fully saturated rings. The monoisotopic (exact) mass is 393 g/mol. The van der Waals surface area contributed by atoms with Crippen molar-refractivity contribution in [1.29, 1.82) is 0 Å². The van der Waals surface area contributed by atoms with Crippen molar-refractivity contribution in [2.24, 2.45) is 0 Å². The number of thiazole rings is 1. The van der Waals surface area contributed by atoms with Crippen molar-refractivity contribution in [3.8, 4) is 5.75 Å². The van der Waals surface area contributed by atoms with Crippen LogP contribution in [0.1, 0.15) is 16.1 Å². The first-order valence-electron chi connectivity index (χ1n) is 9.58. The van der Waals surface area contributed by atoms with E-state index in [-0.39, 0.29) is 0 Å². The maximum atomic E-state index is 5.93. The van der Waals surface area contributed by atoms with E-state index in [1.165, 1.54) is 15.5 Å². The SMILES string of the molecule is C(=Cc1nc2c(ccc3ccccc32)s1)c1cccc(OCc2ccccc2)c1. The maximum absolute atomic E-state index is 5.93. The second-order valence-electron chi connectivity index (χ2n) is 6.87. The van der Waals surface area contributed by atoms with Gasteiger partial charge in [-0.1, -0.05) is 78.9 Å². The van der Waals surface area contributed by atoms with E-state index in [2.05, 4.69) is 72.8 Å². The lowest BCUT2D eigenvalue weighted by Crippen LogP contribution is -1.94. The van der Waals surface area contributed by atoms with E-state index in [0.717, 1.165) is 27.4 Å². The van der Waals surface area contributed by atoms with Crippen LogP contribution in [0.25, 0.3) is 33.1 Å². The zero-order valence-corrected chi connectivity index (χ0v) is 16.6. The van der Waals surface area contributed by atoms with E-state index in [0.29, 0.717) is 6.61 Å². The Kier molecular flexibility index (Phi) is 4.81. The van der Waals surface area contributed by atoms with Gasteiger partial charge in [-0.05, 0) is 40.8 Å². The highest BCUT2D eigenvalue weighted by atomic mass is 32.1. The van der Waals surface area contributed by atoms with Crippen molar-refractivity contribution >= 4 is 44.5 Å². The molecule has 1 heterocycles. The Morgan fingerprint density at radius 3 is 2.59 bits per heavy atom. The lowest BCUT2D eigenvalue weighted by molar-refractivity contribution is 0.306. The molecule has 1 aromatic heterocycles. The van der Waals surface area contributed by atoms with Crippen molar-refractivity contribution in [2.75, 3.05) is 0 Å². The third-order valence-electron chi connectivity index (χ3n) is 4.82. The molecule has 3 heteroatoms. The Balaban J connectivity index is 1.36. The average Bonchev–Trinajstić information content (AvgIpc) is 3.21. The second-order valence-corrected chi connectivity index (χ2v) is 7.93. The molecule has 0 atom stereocenters. The van der Waals surface area contributed by atoms with Gasteiger partial charge in [0.15, 0.2) is 0 Å². The quantitative estimate of drug-likeness (QED) is 0.315. The van der Waals surface area contributed by atoms with Gasteiger partial charge in [-0.3, -0.25) is 0 Å². The van der Waals surface area contributed by atoms with Gasteiger partial charge < -0.3 is 4.74 Å². The van der Waals surface area contributed by atoms with Gasteiger partial charge in [-0.25, -0.2) is 4.98 Å². The Hall–Kier alpha value is -3.43. The van der Waals surface area contributed by atoms with E-state index in [9.17, 15) is 0 Å². The standard InChI is InChI=1S/C26H19NOS/c1-2-7-20(8-3-1)18-28-22-11-6-9-19(17-22)13-16-25-27-26-23-12-5-4-10-21(23)14-15-24(26)29-25/h1-17H,18H2. The summed E-state index contributed by atoms with van der Waals surface area (Å²) in [4.78, 5) is 4.85. The summed E-state index contributed by atoms with van der Waals surface area (Å²) >= 11 is 1.71. The molecule has 2 nitrogen and oxygen atoms in total. The number of benzene rings is 4. The molecule has 5 rings (SSSR count). The van der Waals surface area contributed by atoms with E-state index >= 15 is 0 Å². The zero-order chi connectivity index (χ0) is 19.5. The van der Waals surface area contributed by atoms with Crippen LogP contribution in [0.4, 0.5) is 0 Å². The van der Waals surface area contributed by atoms with Gasteiger partial charge in [-0.2, -0.15) is 0 Å². The first kappa shape index (κ1) is 17.7. The minimum Gasteiger partial charge on any atom is -0.489 e. The second kappa shape index (κ2) is 7.90. The summed E-state index contributed by atoms with van der Waals surface area (Å²) in [5, 5.41) is 3.44. The average molecular weight is 394 g/mol. The van der Waals surface area contributed by atoms with Crippen LogP contribution in [0.15, 0.2) is 91.0 Å². The Morgan fingerprint density at radius 1 is 0.793 bits per heavy atom. The number of aromatic nitrogens is 1. The lowest BCUT2D eigenvalue weighted by Gasteiger charge is -2.06. The Bertz CT molecular complexity index is 1300. The predicted octanol–water partition coefficient (Wildman–Crippen LogP) is 7.20. The molecule has 29 heavy (non-hydrogen) atoms. The van der Waals surface area contributed by atoms with Crippen LogP contribution >= 0.6 is 11.3 Å². The molecule has 0 aliphatic carbocycles. The van der Waals surface area contributed by atoms with Crippen molar-refractivity contribution in [1.82, 2.24) is 4.98 Å². The molecule has 0 amide bonds. The fourth-order valence-electron chi connectivity index (χ4n) is 3.37. The van der Waals surface area contributed by atoms with E-state index in [4.69, 9.17) is 9.72 Å². The first-order valence-corrected chi connectivity index (χ1v) is 10.4. The number of hydrogen-bond donors (Lipinski definition) is 0. The topological polar surface area (TPSA) is 22.1 Å². The third-order valence-corrected chi connectivity index (χ3v) is 5.81. The fraction of sp³-hybridized carbons (Fsp3) is 0.0385. The fourth-order valence-corrected chi connectivity index (χ4v) is 4.25. The molecule has 140 valence electrons. The summed E-state index contributed by atoms with van der Waals surface area (Å²) in [7, 11) is 0. The number of rotatable bonds is 5. The highest BCUT2D eigenvalue weighted by Crippen LogP contribution is 2.30. The van der Waals surface area contributed by atoms with Crippen molar-refractivity contribution in [3.05, 3.63) is 107 Å². The van der Waals surface area contributed by atoms with Crippen LogP contribution in [0.5, 0.6) is 5.75 Å². The van der Waals surface area contributed by atoms with Crippen molar-refractivity contribution in [2.45, 2.75) is 6.61 Å². The molecule has 0 radical (unpaired) electrons. The number of nitrogens with zero attached hydrogens (tertiary/aromatic N) is 1. The summed E-state index contributed by atoms with van der Waals surface area (Å²) in [5.74, 6) is 0.867. The van der Waals surface area contributed by atoms with Gasteiger partial charge in [0, 0.05) is 5.39 Å². The molecule has 0 unspecified atom stereocenters. The summed E-state index contributed by atoms with van der Waals surface area (Å²) in [6.45, 7) is 0.568. The maximum Gasteiger partial charge on any atom is 0.120 e. The van der Waals surface area contributed by atoms with Crippen molar-refractivity contribution in [3.63, 3.8) is 0 Å². The van der Waals surface area contributed by atoms with Crippen molar-refractivity contribution < 1.29 is 4.74 Å². The Morgan fingerprint density at radius 2 is 1.66 bits per heavy atom. The Labute approximate surface area is 173 Å². The van der Waals surface area contributed by atoms with Crippen LogP contribution in [-0.4, -0.2) is 4.98 Å². The number of hydrogen-bond acceptors (Lipinski definition) is 3. The molecule has 0 spiro atoms. The van der Waals surface area contributed by atoms with Crippen LogP contribution in [0.3, 0.4) is 0 Å². The van der Waals surface area contributed by atoms with Gasteiger partial charge in [-0.15, -0.1) is 11.3 Å². The van der Waals surface area contributed by atoms with E-state index in [1.807, 2.05) is 30.3 Å². The summed E-state index contributed by atoms with van der Waals surface area (Å²) < 4.78 is 7.15. The minimum atomic E-state index is 0.568. The van der Waals surface area contributed by atoms with Gasteiger partial charge in [0.1, 0.15) is 17.4 Å². The van der Waals surface area contributed by atoms with Crippen LogP contribution < -0.4 is 4.74 Å². The normalized spacial score (nSPS) is 11.4. The smallest absolute Gasteiger partial charge is 0.120 e. The van der Waals surface area contributed by atoms with Gasteiger partial charge in [0.2, 0.25) is 0 Å². The highest BCUT2D eigenvalue weighted by molar-refractivity contribution is 7.19. The van der Waals surface area contributed by atoms with Crippen LogP contribution in [0, 0.1) is 0 Å². The molecular weight excluding hydrogens is 374 g/mol. The molecule has 0 bridgehead atoms. The predicted molar refractivity (Wildman–Crippen MR) is 123 cm³/mol. The molecule has 0 saturated heterocycles. The molecular formula is C26H19NOS. The van der Waals surface area contributed by atoms with Crippen LogP contribution in [0.2, 0.25) is 0 Å². The van der Waals surface area contributed by atoms with Gasteiger partial charge >= 0.3 is 0 Å². The summed E-state index contributed by atoms with van der Waals surface area (Å²) in [6.07, 6.45) is 4.17. The van der Waals surface area contributed by atoms with E-state index < -0.39 is 0 Å². The van der Waals surface area contributed by atoms with Gasteiger partial charge in [0.25, 0.3) is 0 Å². The largest absolute Gasteiger partial charge is 0.489 e. The molecule has 0 aliphatic heterocycles. The van der Waals surface area contributed by atoms with Gasteiger partial charge in [0.05, 0.1) is 10.2 Å². The molecule has 0 aliphatic rings. The third kappa shape index (κ3) is 3.91. The highest BCUT2D eigenvalue weighted by Gasteiger charge is 2.05. The lowest BCUT2D eigenvalue weighted by atomic mass is 10.1. The zero-order valence-electron chi connectivity index (χ0n) is 15.8. The number of ether oxygens (including phenoxy) is 1. The summed E-state index contributed by atoms with van der Waals surface area (Å²) in [5.41, 5.74) is 3.34. The number of fused-ring (bicyclic) bond motifs is 3. The van der Waals surface area contributed by atoms with E-state index in [1.54, 1.807) is 11.3 Å². The minimum absolute atomic E-state index is 0.568.